The summed E-state index contributed by atoms with van der Waals surface area (Å²) in [5.41, 5.74) is 0. The van der Waals surface area contributed by atoms with Crippen LogP contribution in [0.2, 0.25) is 0 Å². The molecular formula is C10H24N2O2S. The maximum Gasteiger partial charge on any atom is 0.217 e. The first-order chi connectivity index (χ1) is 6.87. The summed E-state index contributed by atoms with van der Waals surface area (Å²) in [6.07, 6.45) is 0.837. The van der Waals surface area contributed by atoms with Crippen LogP contribution in [0, 0.1) is 0 Å². The lowest BCUT2D eigenvalue weighted by molar-refractivity contribution is 0.374. The fourth-order valence-electron chi connectivity index (χ4n) is 1.24. The van der Waals surface area contributed by atoms with Gasteiger partial charge in [0.1, 0.15) is 0 Å². The molecule has 0 saturated carbocycles. The third kappa shape index (κ3) is 4.09. The van der Waals surface area contributed by atoms with Gasteiger partial charge in [0, 0.05) is 19.6 Å². The van der Waals surface area contributed by atoms with Crippen molar-refractivity contribution in [3.05, 3.63) is 0 Å². The van der Waals surface area contributed by atoms with E-state index in [1.54, 1.807) is 14.0 Å². The maximum absolute atomic E-state index is 12.0. The lowest BCUT2D eigenvalue weighted by atomic mass is 10.3. The van der Waals surface area contributed by atoms with Crippen molar-refractivity contribution in [3.63, 3.8) is 0 Å². The standard InChI is InChI=1S/C10H24N2O2S/c1-6-9(3)12(5)15(13,14)10(4)8-11-7-2/h9-11H,6-8H2,1-5H3. The molecular weight excluding hydrogens is 212 g/mol. The van der Waals surface area contributed by atoms with Crippen LogP contribution in [0.5, 0.6) is 0 Å². The van der Waals surface area contributed by atoms with Crippen molar-refractivity contribution in [1.29, 1.82) is 0 Å². The van der Waals surface area contributed by atoms with Crippen molar-refractivity contribution in [2.75, 3.05) is 20.1 Å². The van der Waals surface area contributed by atoms with E-state index in [9.17, 15) is 8.42 Å². The Labute approximate surface area is 94.1 Å². The molecule has 2 unspecified atom stereocenters. The number of hydrogen-bond donors (Lipinski definition) is 1. The average molecular weight is 236 g/mol. The van der Waals surface area contributed by atoms with Crippen LogP contribution in [0.1, 0.15) is 34.1 Å². The average Bonchev–Trinajstić information content (AvgIpc) is 2.23. The molecule has 92 valence electrons. The molecule has 0 spiro atoms. The second kappa shape index (κ2) is 6.45. The van der Waals surface area contributed by atoms with Gasteiger partial charge in [0.05, 0.1) is 5.25 Å². The summed E-state index contributed by atoms with van der Waals surface area (Å²) >= 11 is 0. The third-order valence-corrected chi connectivity index (χ3v) is 5.15. The summed E-state index contributed by atoms with van der Waals surface area (Å²) in [6, 6.07) is 0.0686. The Balaban J connectivity index is 4.52. The molecule has 15 heavy (non-hydrogen) atoms. The van der Waals surface area contributed by atoms with Crippen molar-refractivity contribution in [2.45, 2.75) is 45.4 Å². The number of sulfonamides is 1. The molecule has 0 aromatic carbocycles. The molecule has 0 aromatic heterocycles. The van der Waals surface area contributed by atoms with Crippen LogP contribution < -0.4 is 5.32 Å². The molecule has 0 rings (SSSR count). The number of nitrogens with one attached hydrogen (secondary N) is 1. The predicted octanol–water partition coefficient (Wildman–Crippen LogP) is 1.04. The van der Waals surface area contributed by atoms with E-state index >= 15 is 0 Å². The Kier molecular flexibility index (Phi) is 6.40. The van der Waals surface area contributed by atoms with Crippen molar-refractivity contribution in [3.8, 4) is 0 Å². The monoisotopic (exact) mass is 236 g/mol. The lowest BCUT2D eigenvalue weighted by Crippen LogP contribution is -2.43. The summed E-state index contributed by atoms with van der Waals surface area (Å²) in [5, 5.41) is 2.70. The Morgan fingerprint density at radius 2 is 1.80 bits per heavy atom. The van der Waals surface area contributed by atoms with Crippen LogP contribution in [0.3, 0.4) is 0 Å². The van der Waals surface area contributed by atoms with Crippen molar-refractivity contribution in [1.82, 2.24) is 9.62 Å². The molecule has 0 saturated heterocycles. The molecule has 4 nitrogen and oxygen atoms in total. The van der Waals surface area contributed by atoms with E-state index in [1.165, 1.54) is 4.31 Å². The SMILES string of the molecule is CCNCC(C)S(=O)(=O)N(C)C(C)CC. The molecule has 0 heterocycles. The molecule has 5 heteroatoms. The van der Waals surface area contributed by atoms with Gasteiger partial charge in [-0.3, -0.25) is 0 Å². The fourth-order valence-corrected chi connectivity index (χ4v) is 2.79. The molecule has 0 aliphatic carbocycles. The van der Waals surface area contributed by atoms with Gasteiger partial charge in [0.25, 0.3) is 0 Å². The van der Waals surface area contributed by atoms with Gasteiger partial charge in [0.15, 0.2) is 0 Å². The van der Waals surface area contributed by atoms with Gasteiger partial charge in [-0.1, -0.05) is 13.8 Å². The first-order valence-corrected chi connectivity index (χ1v) is 7.05. The molecule has 0 radical (unpaired) electrons. The van der Waals surface area contributed by atoms with Crippen LogP contribution >= 0.6 is 0 Å². The van der Waals surface area contributed by atoms with Crippen LogP contribution in [0.25, 0.3) is 0 Å². The summed E-state index contributed by atoms with van der Waals surface area (Å²) in [7, 11) is -1.49. The van der Waals surface area contributed by atoms with E-state index in [-0.39, 0.29) is 11.3 Å². The first kappa shape index (κ1) is 14.9. The quantitative estimate of drug-likeness (QED) is 0.718. The lowest BCUT2D eigenvalue weighted by Gasteiger charge is -2.26. The Hall–Kier alpha value is -0.130. The van der Waals surface area contributed by atoms with Gasteiger partial charge in [-0.2, -0.15) is 0 Å². The van der Waals surface area contributed by atoms with E-state index in [4.69, 9.17) is 0 Å². The molecule has 0 fully saturated rings. The first-order valence-electron chi connectivity index (χ1n) is 5.55. The highest BCUT2D eigenvalue weighted by molar-refractivity contribution is 7.89. The normalized spacial score (nSPS) is 16.7. The molecule has 2 atom stereocenters. The van der Waals surface area contributed by atoms with Gasteiger partial charge in [-0.05, 0) is 26.8 Å². The Morgan fingerprint density at radius 1 is 1.27 bits per heavy atom. The smallest absolute Gasteiger partial charge is 0.217 e. The summed E-state index contributed by atoms with van der Waals surface area (Å²) < 4.78 is 25.5. The second-order valence-corrected chi connectivity index (χ2v) is 6.35. The Morgan fingerprint density at radius 3 is 2.20 bits per heavy atom. The van der Waals surface area contributed by atoms with Crippen LogP contribution in [-0.4, -0.2) is 44.2 Å². The highest BCUT2D eigenvalue weighted by Gasteiger charge is 2.27. The molecule has 0 amide bonds. The highest BCUT2D eigenvalue weighted by atomic mass is 32.2. The van der Waals surface area contributed by atoms with E-state index in [1.807, 2.05) is 20.8 Å². The fraction of sp³-hybridized carbons (Fsp3) is 1.00. The molecule has 0 aromatic rings. The summed E-state index contributed by atoms with van der Waals surface area (Å²) in [5.74, 6) is 0. The minimum Gasteiger partial charge on any atom is -0.316 e. The van der Waals surface area contributed by atoms with E-state index in [2.05, 4.69) is 5.32 Å². The van der Waals surface area contributed by atoms with Crippen LogP contribution in [-0.2, 0) is 10.0 Å². The van der Waals surface area contributed by atoms with Gasteiger partial charge in [-0.15, -0.1) is 0 Å². The zero-order chi connectivity index (χ0) is 12.1. The van der Waals surface area contributed by atoms with Gasteiger partial charge < -0.3 is 5.32 Å². The van der Waals surface area contributed by atoms with Crippen molar-refractivity contribution < 1.29 is 8.42 Å². The molecule has 0 aliphatic rings. The van der Waals surface area contributed by atoms with Gasteiger partial charge >= 0.3 is 0 Å². The van der Waals surface area contributed by atoms with Gasteiger partial charge in [0.2, 0.25) is 10.0 Å². The van der Waals surface area contributed by atoms with E-state index in [0.717, 1.165) is 13.0 Å². The highest BCUT2D eigenvalue weighted by Crippen LogP contribution is 2.12. The molecule has 1 N–H and O–H groups in total. The number of hydrogen-bond acceptors (Lipinski definition) is 3. The van der Waals surface area contributed by atoms with Crippen molar-refractivity contribution >= 4 is 10.0 Å². The topological polar surface area (TPSA) is 49.4 Å². The second-order valence-electron chi connectivity index (χ2n) is 3.94. The predicted molar refractivity (Wildman–Crippen MR) is 64.4 cm³/mol. The largest absolute Gasteiger partial charge is 0.316 e. The minimum absolute atomic E-state index is 0.0686. The molecule has 0 aliphatic heterocycles. The van der Waals surface area contributed by atoms with Crippen LogP contribution in [0.4, 0.5) is 0 Å². The number of nitrogens with zero attached hydrogens (tertiary/aromatic N) is 1. The van der Waals surface area contributed by atoms with Crippen molar-refractivity contribution in [2.24, 2.45) is 0 Å². The zero-order valence-corrected chi connectivity index (χ0v) is 11.3. The van der Waals surface area contributed by atoms with E-state index < -0.39 is 10.0 Å². The third-order valence-electron chi connectivity index (χ3n) is 2.80. The summed E-state index contributed by atoms with van der Waals surface area (Å²) in [6.45, 7) is 8.95. The minimum atomic E-state index is -3.15. The Bertz CT molecular complexity index is 265. The van der Waals surface area contributed by atoms with Crippen LogP contribution in [0.15, 0.2) is 0 Å². The molecule has 0 bridgehead atoms. The number of rotatable bonds is 7. The maximum atomic E-state index is 12.0. The summed E-state index contributed by atoms with van der Waals surface area (Å²) in [4.78, 5) is 0. The van der Waals surface area contributed by atoms with E-state index in [0.29, 0.717) is 6.54 Å². The van der Waals surface area contributed by atoms with Gasteiger partial charge in [-0.25, -0.2) is 12.7 Å². The zero-order valence-electron chi connectivity index (χ0n) is 10.4.